The molecular formula is C28H46. The van der Waals surface area contributed by atoms with Crippen molar-refractivity contribution < 1.29 is 0 Å². The third-order valence-electron chi connectivity index (χ3n) is 10.5. The minimum atomic E-state index is 0.547. The summed E-state index contributed by atoms with van der Waals surface area (Å²) in [7, 11) is 0. The van der Waals surface area contributed by atoms with Crippen molar-refractivity contribution in [1.29, 1.82) is 0 Å². The van der Waals surface area contributed by atoms with Gasteiger partial charge in [-0.25, -0.2) is 0 Å². The van der Waals surface area contributed by atoms with Crippen LogP contribution in [-0.2, 0) is 0 Å². The van der Waals surface area contributed by atoms with Crippen LogP contribution in [0.2, 0.25) is 0 Å². The molecule has 0 amide bonds. The topological polar surface area (TPSA) is 0 Å². The van der Waals surface area contributed by atoms with Crippen molar-refractivity contribution in [2.24, 2.45) is 52.3 Å². The zero-order valence-electron chi connectivity index (χ0n) is 19.6. The Hall–Kier alpha value is -0.520. The predicted molar refractivity (Wildman–Crippen MR) is 122 cm³/mol. The van der Waals surface area contributed by atoms with E-state index in [0.717, 1.165) is 35.5 Å². The molecule has 0 heteroatoms. The van der Waals surface area contributed by atoms with Crippen molar-refractivity contribution in [3.8, 4) is 0 Å². The lowest BCUT2D eigenvalue weighted by atomic mass is 9.48. The largest absolute Gasteiger partial charge is 0.0852 e. The Morgan fingerprint density at radius 2 is 1.61 bits per heavy atom. The summed E-state index contributed by atoms with van der Waals surface area (Å²) < 4.78 is 0. The molecule has 0 N–H and O–H groups in total. The highest BCUT2D eigenvalue weighted by Gasteiger charge is 2.57. The molecule has 0 nitrogen and oxygen atoms in total. The number of hydrogen-bond donors (Lipinski definition) is 0. The van der Waals surface area contributed by atoms with Gasteiger partial charge in [-0.3, -0.25) is 0 Å². The third kappa shape index (κ3) is 3.26. The van der Waals surface area contributed by atoms with E-state index in [9.17, 15) is 0 Å². The van der Waals surface area contributed by atoms with Gasteiger partial charge >= 0.3 is 0 Å². The summed E-state index contributed by atoms with van der Waals surface area (Å²) in [5.41, 5.74) is 3.11. The van der Waals surface area contributed by atoms with Crippen molar-refractivity contribution >= 4 is 0 Å². The first-order valence-corrected chi connectivity index (χ1v) is 12.7. The van der Waals surface area contributed by atoms with Crippen LogP contribution in [0.25, 0.3) is 0 Å². The molecule has 0 aromatic heterocycles. The average molecular weight is 383 g/mol. The Morgan fingerprint density at radius 1 is 0.857 bits per heavy atom. The van der Waals surface area contributed by atoms with E-state index < -0.39 is 0 Å². The van der Waals surface area contributed by atoms with Gasteiger partial charge in [-0.15, -0.1) is 0 Å². The van der Waals surface area contributed by atoms with E-state index >= 15 is 0 Å². The van der Waals surface area contributed by atoms with Crippen molar-refractivity contribution in [2.45, 2.75) is 99.3 Å². The SMILES string of the molecule is CC(C)[C@@H](C)/C=C/[C@@H](C)[C@@H]1CC[C@@H]2C3=CC[C@H]4CCCC[C@]4(C)[C@@H]3CC[C@@]21C. The number of allylic oxidation sites excluding steroid dienone is 4. The molecule has 4 aliphatic rings. The van der Waals surface area contributed by atoms with E-state index in [4.69, 9.17) is 0 Å². The van der Waals surface area contributed by atoms with Crippen molar-refractivity contribution in [2.75, 3.05) is 0 Å². The highest BCUT2D eigenvalue weighted by molar-refractivity contribution is 5.27. The summed E-state index contributed by atoms with van der Waals surface area (Å²) in [6.45, 7) is 15.0. The minimum Gasteiger partial charge on any atom is -0.0852 e. The minimum absolute atomic E-state index is 0.547. The first-order chi connectivity index (χ1) is 13.3. The van der Waals surface area contributed by atoms with E-state index in [1.165, 1.54) is 57.8 Å². The van der Waals surface area contributed by atoms with E-state index in [1.807, 2.05) is 5.57 Å². The summed E-state index contributed by atoms with van der Waals surface area (Å²) in [5, 5.41) is 0. The van der Waals surface area contributed by atoms with E-state index in [1.54, 1.807) is 0 Å². The molecule has 4 rings (SSSR count). The monoisotopic (exact) mass is 382 g/mol. The van der Waals surface area contributed by atoms with Gasteiger partial charge in [0.25, 0.3) is 0 Å². The number of rotatable bonds is 4. The molecule has 4 aliphatic carbocycles. The Kier molecular flexibility index (Phi) is 5.65. The molecule has 28 heavy (non-hydrogen) atoms. The summed E-state index contributed by atoms with van der Waals surface area (Å²) in [6.07, 6.45) is 21.1. The van der Waals surface area contributed by atoms with E-state index in [2.05, 4.69) is 59.8 Å². The van der Waals surface area contributed by atoms with Crippen LogP contribution in [0.5, 0.6) is 0 Å². The fraction of sp³-hybridized carbons (Fsp3) is 0.857. The molecule has 0 aliphatic heterocycles. The molecule has 0 unspecified atom stereocenters. The maximum absolute atomic E-state index is 2.77. The van der Waals surface area contributed by atoms with Gasteiger partial charge in [0.2, 0.25) is 0 Å². The Bertz CT molecular complexity index is 624. The van der Waals surface area contributed by atoms with Gasteiger partial charge in [-0.1, -0.05) is 78.2 Å². The number of fused-ring (bicyclic) bond motifs is 5. The molecule has 158 valence electrons. The molecule has 3 saturated carbocycles. The van der Waals surface area contributed by atoms with Crippen molar-refractivity contribution in [3.63, 3.8) is 0 Å². The van der Waals surface area contributed by atoms with Gasteiger partial charge in [0.05, 0.1) is 0 Å². The molecule has 0 heterocycles. The predicted octanol–water partition coefficient (Wildman–Crippen LogP) is 8.44. The summed E-state index contributed by atoms with van der Waals surface area (Å²) in [4.78, 5) is 0. The highest BCUT2D eigenvalue weighted by atomic mass is 14.6. The van der Waals surface area contributed by atoms with E-state index in [0.29, 0.717) is 16.7 Å². The van der Waals surface area contributed by atoms with Crippen LogP contribution in [0, 0.1) is 52.3 Å². The lowest BCUT2D eigenvalue weighted by molar-refractivity contribution is -0.00481. The maximum atomic E-state index is 2.77. The molecule has 3 fully saturated rings. The summed E-state index contributed by atoms with van der Waals surface area (Å²) in [6, 6.07) is 0. The zero-order valence-corrected chi connectivity index (χ0v) is 19.6. The normalized spacial score (nSPS) is 45.3. The van der Waals surface area contributed by atoms with Gasteiger partial charge in [-0.05, 0) is 97.2 Å². The average Bonchev–Trinajstić information content (AvgIpc) is 3.02. The molecule has 0 aromatic rings. The smallest absolute Gasteiger partial charge is 0.0143 e. The second kappa shape index (κ2) is 7.63. The number of hydrogen-bond acceptors (Lipinski definition) is 0. The molecule has 0 spiro atoms. The Labute approximate surface area is 175 Å². The first kappa shape index (κ1) is 20.7. The first-order valence-electron chi connectivity index (χ1n) is 12.7. The van der Waals surface area contributed by atoms with Crippen LogP contribution in [0.1, 0.15) is 99.3 Å². The van der Waals surface area contributed by atoms with Crippen LogP contribution in [-0.4, -0.2) is 0 Å². The van der Waals surface area contributed by atoms with Gasteiger partial charge in [-0.2, -0.15) is 0 Å². The standard InChI is InChI=1S/C28H46/c1-19(2)20(3)10-11-21(4)24-14-15-25-23-13-12-22-9-7-8-17-27(22,5)26(23)16-18-28(24,25)6/h10-11,13,19-22,24-26H,7-9,12,14-18H2,1-6H3/b11-10+/t20-,21+,22+,24-,25+,26+,27-,28+/m0/s1. The van der Waals surface area contributed by atoms with Crippen LogP contribution in [0.4, 0.5) is 0 Å². The lowest BCUT2D eigenvalue weighted by Gasteiger charge is -2.57. The highest BCUT2D eigenvalue weighted by Crippen LogP contribution is 2.66. The molecular weight excluding hydrogens is 336 g/mol. The fourth-order valence-corrected chi connectivity index (χ4v) is 8.16. The second-order valence-corrected chi connectivity index (χ2v) is 12.1. The van der Waals surface area contributed by atoms with Crippen LogP contribution < -0.4 is 0 Å². The second-order valence-electron chi connectivity index (χ2n) is 12.1. The maximum Gasteiger partial charge on any atom is -0.0143 e. The molecule has 0 bridgehead atoms. The molecule has 0 saturated heterocycles. The van der Waals surface area contributed by atoms with Crippen LogP contribution >= 0.6 is 0 Å². The molecule has 0 radical (unpaired) electrons. The van der Waals surface area contributed by atoms with E-state index in [-0.39, 0.29) is 0 Å². The van der Waals surface area contributed by atoms with Crippen molar-refractivity contribution in [3.05, 3.63) is 23.8 Å². The van der Waals surface area contributed by atoms with Crippen LogP contribution in [0.3, 0.4) is 0 Å². The Morgan fingerprint density at radius 3 is 2.36 bits per heavy atom. The fourth-order valence-electron chi connectivity index (χ4n) is 8.16. The van der Waals surface area contributed by atoms with Gasteiger partial charge in [0.15, 0.2) is 0 Å². The third-order valence-corrected chi connectivity index (χ3v) is 10.5. The molecule has 8 atom stereocenters. The Balaban J connectivity index is 1.54. The van der Waals surface area contributed by atoms with Gasteiger partial charge in [0, 0.05) is 0 Å². The molecule has 0 aromatic carbocycles. The zero-order chi connectivity index (χ0) is 20.1. The van der Waals surface area contributed by atoms with Crippen molar-refractivity contribution in [1.82, 2.24) is 0 Å². The summed E-state index contributed by atoms with van der Waals surface area (Å²) in [5.74, 6) is 5.84. The van der Waals surface area contributed by atoms with Gasteiger partial charge < -0.3 is 0 Å². The van der Waals surface area contributed by atoms with Crippen LogP contribution in [0.15, 0.2) is 23.8 Å². The summed E-state index contributed by atoms with van der Waals surface area (Å²) >= 11 is 0. The lowest BCUT2D eigenvalue weighted by Crippen LogP contribution is -2.48. The quantitative estimate of drug-likeness (QED) is 0.428. The van der Waals surface area contributed by atoms with Gasteiger partial charge in [0.1, 0.15) is 0 Å².